The summed E-state index contributed by atoms with van der Waals surface area (Å²) in [7, 11) is -4.61. The van der Waals surface area contributed by atoms with Gasteiger partial charge in [0.1, 0.15) is 36.8 Å². The molecule has 13 heteroatoms. The first-order chi connectivity index (χ1) is 28.0. The van der Waals surface area contributed by atoms with E-state index in [9.17, 15) is 37.9 Å². The molecule has 0 radical (unpaired) electrons. The van der Waals surface area contributed by atoms with Crippen molar-refractivity contribution in [3.63, 3.8) is 0 Å². The molecule has 1 aliphatic rings. The number of esters is 2. The number of unbranched alkanes of at least 4 members (excludes halogenated alkanes) is 14. The van der Waals surface area contributed by atoms with E-state index in [2.05, 4.69) is 50.3 Å². The Kier molecular flexibility index (Phi) is 32.0. The maximum Gasteiger partial charge on any atom is 0.306 e. The number of hydrogen-bond acceptors (Lipinski definition) is 11. The molecule has 1 heterocycles. The number of allylic oxidation sites excluding steroid dienone is 12. The Labute approximate surface area is 348 Å². The smallest absolute Gasteiger partial charge is 0.306 e. The largest absolute Gasteiger partial charge is 0.462 e. The highest BCUT2D eigenvalue weighted by Crippen LogP contribution is 2.24. The van der Waals surface area contributed by atoms with Crippen LogP contribution < -0.4 is 0 Å². The highest BCUT2D eigenvalue weighted by Gasteiger charge is 2.46. The zero-order chi connectivity index (χ0) is 42.7. The Morgan fingerprint density at radius 1 is 0.603 bits per heavy atom. The molecular formula is C45H74O12S. The van der Waals surface area contributed by atoms with Crippen molar-refractivity contribution in [1.82, 2.24) is 0 Å². The third-order valence-electron chi connectivity index (χ3n) is 9.39. The first-order valence-corrected chi connectivity index (χ1v) is 23.2. The van der Waals surface area contributed by atoms with Crippen LogP contribution in [0.5, 0.6) is 0 Å². The maximum absolute atomic E-state index is 12.8. The fraction of sp³-hybridized carbons (Fsp3) is 0.689. The molecule has 0 aliphatic carbocycles. The van der Waals surface area contributed by atoms with Crippen molar-refractivity contribution in [1.29, 1.82) is 0 Å². The lowest BCUT2D eigenvalue weighted by Gasteiger charge is -2.40. The van der Waals surface area contributed by atoms with Crippen LogP contribution in [0.2, 0.25) is 0 Å². The summed E-state index contributed by atoms with van der Waals surface area (Å²) in [5, 5.41) is 30.8. The lowest BCUT2D eigenvalue weighted by atomic mass is 10.00. The summed E-state index contributed by atoms with van der Waals surface area (Å²) >= 11 is 0. The van der Waals surface area contributed by atoms with Crippen molar-refractivity contribution < 1.29 is 56.8 Å². The third kappa shape index (κ3) is 29.3. The van der Waals surface area contributed by atoms with Gasteiger partial charge in [-0.2, -0.15) is 8.42 Å². The van der Waals surface area contributed by atoms with Gasteiger partial charge in [-0.05, 0) is 57.8 Å². The average Bonchev–Trinajstić information content (AvgIpc) is 3.18. The third-order valence-corrected chi connectivity index (χ3v) is 10.1. The molecule has 0 amide bonds. The van der Waals surface area contributed by atoms with Crippen LogP contribution in [-0.2, 0) is 38.7 Å². The van der Waals surface area contributed by atoms with E-state index in [0.29, 0.717) is 12.8 Å². The minimum atomic E-state index is -4.61. The molecule has 12 nitrogen and oxygen atoms in total. The highest BCUT2D eigenvalue weighted by atomic mass is 32.2. The van der Waals surface area contributed by atoms with E-state index in [1.54, 1.807) is 0 Å². The molecular weight excluding hydrogens is 765 g/mol. The molecule has 0 saturated carbocycles. The zero-order valence-electron chi connectivity index (χ0n) is 35.1. The van der Waals surface area contributed by atoms with E-state index in [4.69, 9.17) is 18.9 Å². The number of carbonyl (C=O) groups is 2. The van der Waals surface area contributed by atoms with E-state index in [-0.39, 0.29) is 19.4 Å². The molecule has 1 aliphatic heterocycles. The van der Waals surface area contributed by atoms with Gasteiger partial charge in [-0.15, -0.1) is 0 Å². The highest BCUT2D eigenvalue weighted by molar-refractivity contribution is 7.85. The van der Waals surface area contributed by atoms with Gasteiger partial charge in [0.05, 0.1) is 6.61 Å². The van der Waals surface area contributed by atoms with Crippen LogP contribution in [0.15, 0.2) is 72.9 Å². The Bertz CT molecular complexity index is 1350. The first kappa shape index (κ1) is 53.1. The van der Waals surface area contributed by atoms with E-state index in [1.807, 2.05) is 36.5 Å². The van der Waals surface area contributed by atoms with Crippen molar-refractivity contribution in [3.8, 4) is 0 Å². The van der Waals surface area contributed by atoms with Gasteiger partial charge in [0.2, 0.25) is 0 Å². The molecule has 1 saturated heterocycles. The SMILES string of the molecule is CC/C=C/C=C/C=C/C=C/CCCCCCCC(=O)OC[C@H](CO[C@H]1O[C@H](CS(=O)(=O)O)[C@@H](O)C(O)C1O)OC(=O)CCCCCCC/C=C/C=C/CCCCCC. The summed E-state index contributed by atoms with van der Waals surface area (Å²) in [6.07, 6.45) is 33.7. The van der Waals surface area contributed by atoms with E-state index < -0.39 is 71.2 Å². The maximum atomic E-state index is 12.8. The minimum Gasteiger partial charge on any atom is -0.462 e. The normalized spacial score (nSPS) is 21.1. The van der Waals surface area contributed by atoms with Gasteiger partial charge in [-0.3, -0.25) is 14.1 Å². The monoisotopic (exact) mass is 838 g/mol. The number of aliphatic hydroxyl groups excluding tert-OH is 3. The number of carbonyl (C=O) groups excluding carboxylic acids is 2. The van der Waals surface area contributed by atoms with Gasteiger partial charge in [0.15, 0.2) is 12.4 Å². The van der Waals surface area contributed by atoms with Gasteiger partial charge in [-0.25, -0.2) is 0 Å². The molecule has 0 aromatic carbocycles. The van der Waals surface area contributed by atoms with Crippen LogP contribution in [0.1, 0.15) is 142 Å². The standard InChI is InChI=1S/C45H74O12S/c1-3-5-7-9-11-13-15-17-19-21-23-25-27-29-31-33-40(46)54-35-38(36-55-45-44(50)43(49)42(48)39(57-45)37-58(51,52)53)56-41(47)34-32-30-28-26-24-22-20-18-16-14-12-10-8-6-4-2/h5,7,9,11,13-20,38-39,42-45,48-50H,3-4,6,8,10,12,21-37H2,1-2H3,(H,51,52,53)/b7-5+,11-9+,15-13+,16-14+,19-17+,20-18+/t38-,39-,42-,43?,44?,45+/m1/s1. The van der Waals surface area contributed by atoms with Gasteiger partial charge >= 0.3 is 11.9 Å². The number of aliphatic hydroxyl groups is 3. The summed E-state index contributed by atoms with van der Waals surface area (Å²) in [5.41, 5.74) is 0. The first-order valence-electron chi connectivity index (χ1n) is 21.6. The second-order valence-corrected chi connectivity index (χ2v) is 16.2. The molecule has 0 bridgehead atoms. The van der Waals surface area contributed by atoms with Crippen LogP contribution in [0.3, 0.4) is 0 Å². The summed E-state index contributed by atoms with van der Waals surface area (Å²) < 4.78 is 54.0. The van der Waals surface area contributed by atoms with E-state index in [1.165, 1.54) is 25.7 Å². The molecule has 0 spiro atoms. The summed E-state index contributed by atoms with van der Waals surface area (Å²) in [6, 6.07) is 0. The molecule has 1 fully saturated rings. The van der Waals surface area contributed by atoms with Crippen molar-refractivity contribution in [2.24, 2.45) is 0 Å². The quantitative estimate of drug-likeness (QED) is 0.0210. The lowest BCUT2D eigenvalue weighted by Crippen LogP contribution is -2.60. The Morgan fingerprint density at radius 2 is 1.09 bits per heavy atom. The Balaban J connectivity index is 2.51. The van der Waals surface area contributed by atoms with Crippen LogP contribution in [0.25, 0.3) is 0 Å². The molecule has 6 atom stereocenters. The van der Waals surface area contributed by atoms with Crippen LogP contribution in [0.4, 0.5) is 0 Å². The van der Waals surface area contributed by atoms with Gasteiger partial charge in [0, 0.05) is 12.8 Å². The second-order valence-electron chi connectivity index (χ2n) is 14.7. The van der Waals surface area contributed by atoms with Crippen LogP contribution in [0, 0.1) is 0 Å². The lowest BCUT2D eigenvalue weighted by molar-refractivity contribution is -0.297. The molecule has 332 valence electrons. The average molecular weight is 839 g/mol. The fourth-order valence-corrected chi connectivity index (χ4v) is 6.72. The predicted molar refractivity (Wildman–Crippen MR) is 228 cm³/mol. The topological polar surface area (TPSA) is 186 Å². The minimum absolute atomic E-state index is 0.137. The van der Waals surface area contributed by atoms with Crippen molar-refractivity contribution >= 4 is 22.1 Å². The van der Waals surface area contributed by atoms with Crippen molar-refractivity contribution in [3.05, 3.63) is 72.9 Å². The number of ether oxygens (including phenoxy) is 4. The summed E-state index contributed by atoms with van der Waals surface area (Å²) in [4.78, 5) is 25.4. The second kappa shape index (κ2) is 34.9. The van der Waals surface area contributed by atoms with E-state index >= 15 is 0 Å². The zero-order valence-corrected chi connectivity index (χ0v) is 35.9. The Morgan fingerprint density at radius 3 is 1.64 bits per heavy atom. The number of rotatable bonds is 34. The van der Waals surface area contributed by atoms with Crippen LogP contribution in [-0.4, -0.2) is 96.0 Å². The molecule has 1 rings (SSSR count). The molecule has 2 unspecified atom stereocenters. The van der Waals surface area contributed by atoms with Gasteiger partial charge in [0.25, 0.3) is 10.1 Å². The van der Waals surface area contributed by atoms with Gasteiger partial charge < -0.3 is 34.3 Å². The molecule has 58 heavy (non-hydrogen) atoms. The predicted octanol–water partition coefficient (Wildman–Crippen LogP) is 8.33. The van der Waals surface area contributed by atoms with E-state index in [0.717, 1.165) is 77.0 Å². The molecule has 0 aromatic heterocycles. The Hall–Kier alpha value is -2.91. The summed E-state index contributed by atoms with van der Waals surface area (Å²) in [5.74, 6) is -2.05. The van der Waals surface area contributed by atoms with Crippen molar-refractivity contribution in [2.45, 2.75) is 179 Å². The van der Waals surface area contributed by atoms with Crippen LogP contribution >= 0.6 is 0 Å². The van der Waals surface area contributed by atoms with Crippen molar-refractivity contribution in [2.75, 3.05) is 19.0 Å². The molecule has 4 N–H and O–H groups in total. The fourth-order valence-electron chi connectivity index (χ4n) is 6.03. The summed E-state index contributed by atoms with van der Waals surface area (Å²) in [6.45, 7) is 3.54. The number of hydrogen-bond donors (Lipinski definition) is 4. The molecule has 0 aromatic rings. The van der Waals surface area contributed by atoms with Gasteiger partial charge in [-0.1, -0.05) is 145 Å².